The Labute approximate surface area is 155 Å². The number of aryl methyl sites for hydroxylation is 2. The van der Waals surface area contributed by atoms with Gasteiger partial charge in [-0.25, -0.2) is 4.99 Å². The molecule has 0 saturated carbocycles. The van der Waals surface area contributed by atoms with Crippen LogP contribution in [0.3, 0.4) is 0 Å². The molecule has 0 bridgehead atoms. The maximum absolute atomic E-state index is 5.63. The maximum atomic E-state index is 5.63. The van der Waals surface area contributed by atoms with E-state index in [1.165, 1.54) is 11.3 Å². The number of aliphatic imine (C=N–C) groups is 1. The summed E-state index contributed by atoms with van der Waals surface area (Å²) in [4.78, 5) is 8.62. The van der Waals surface area contributed by atoms with Crippen LogP contribution in [0, 0.1) is 13.8 Å². The molecule has 0 radical (unpaired) electrons. The summed E-state index contributed by atoms with van der Waals surface area (Å²) in [7, 11) is 1.98. The number of rotatable bonds is 8. The average molecular weight is 358 g/mol. The van der Waals surface area contributed by atoms with Gasteiger partial charge in [-0.2, -0.15) is 5.10 Å². The zero-order chi connectivity index (χ0) is 18.9. The smallest absolute Gasteiger partial charge is 0.191 e. The van der Waals surface area contributed by atoms with Gasteiger partial charge in [0.25, 0.3) is 0 Å². The highest BCUT2D eigenvalue weighted by Gasteiger charge is 2.13. The molecule has 0 spiro atoms. The van der Waals surface area contributed by atoms with Gasteiger partial charge in [-0.15, -0.1) is 0 Å². The quantitative estimate of drug-likeness (QED) is 0.429. The van der Waals surface area contributed by atoms with Crippen LogP contribution in [0.25, 0.3) is 0 Å². The first-order valence-electron chi connectivity index (χ1n) is 9.08. The SMILES string of the molecule is CCNC(=NCCOc1cccnc1)NC(C)Cc1c(C)nn(C)c1C. The molecule has 1 atom stereocenters. The molecule has 2 N–H and O–H groups in total. The molecule has 0 fully saturated rings. The molecule has 0 aromatic carbocycles. The third-order valence-electron chi connectivity index (χ3n) is 4.16. The van der Waals surface area contributed by atoms with Crippen LogP contribution >= 0.6 is 0 Å². The fourth-order valence-corrected chi connectivity index (χ4v) is 2.78. The summed E-state index contributed by atoms with van der Waals surface area (Å²) in [6.45, 7) is 10.3. The summed E-state index contributed by atoms with van der Waals surface area (Å²) in [5.41, 5.74) is 3.59. The van der Waals surface area contributed by atoms with E-state index in [0.717, 1.165) is 30.4 Å². The van der Waals surface area contributed by atoms with Gasteiger partial charge in [-0.1, -0.05) is 0 Å². The number of nitrogens with zero attached hydrogens (tertiary/aromatic N) is 4. The standard InChI is InChI=1S/C19H30N6O/c1-6-21-19(22-10-11-26-17-8-7-9-20-13-17)23-14(2)12-18-15(3)24-25(5)16(18)4/h7-9,13-14H,6,10-12H2,1-5H3,(H2,21,22,23). The first-order valence-corrected chi connectivity index (χ1v) is 9.08. The summed E-state index contributed by atoms with van der Waals surface area (Å²) in [6, 6.07) is 3.99. The molecule has 26 heavy (non-hydrogen) atoms. The van der Waals surface area contributed by atoms with Gasteiger partial charge in [-0.3, -0.25) is 9.67 Å². The number of pyridine rings is 1. The van der Waals surface area contributed by atoms with Crippen LogP contribution < -0.4 is 15.4 Å². The van der Waals surface area contributed by atoms with Gasteiger partial charge in [0, 0.05) is 31.5 Å². The second kappa shape index (κ2) is 9.79. The van der Waals surface area contributed by atoms with Gasteiger partial charge in [0.1, 0.15) is 12.4 Å². The number of guanidine groups is 1. The third-order valence-corrected chi connectivity index (χ3v) is 4.16. The Kier molecular flexibility index (Phi) is 7.44. The van der Waals surface area contributed by atoms with Crippen molar-refractivity contribution in [1.29, 1.82) is 0 Å². The predicted octanol–water partition coefficient (Wildman–Crippen LogP) is 2.00. The molecular formula is C19H30N6O. The molecule has 0 aliphatic heterocycles. The number of hydrogen-bond acceptors (Lipinski definition) is 4. The summed E-state index contributed by atoms with van der Waals surface area (Å²) in [6.07, 6.45) is 4.33. The van der Waals surface area contributed by atoms with Crippen molar-refractivity contribution in [1.82, 2.24) is 25.4 Å². The van der Waals surface area contributed by atoms with Crippen molar-refractivity contribution in [3.63, 3.8) is 0 Å². The Morgan fingerprint density at radius 3 is 2.81 bits per heavy atom. The molecule has 2 aromatic heterocycles. The van der Waals surface area contributed by atoms with E-state index in [1.807, 2.05) is 23.9 Å². The van der Waals surface area contributed by atoms with Gasteiger partial charge < -0.3 is 15.4 Å². The normalized spacial score (nSPS) is 12.7. The monoisotopic (exact) mass is 358 g/mol. The molecule has 1 unspecified atom stereocenters. The first kappa shape index (κ1) is 19.8. The summed E-state index contributed by atoms with van der Waals surface area (Å²) in [5, 5.41) is 11.2. The Hall–Kier alpha value is -2.57. The van der Waals surface area contributed by atoms with Crippen molar-refractivity contribution in [2.24, 2.45) is 12.0 Å². The molecule has 142 valence electrons. The maximum Gasteiger partial charge on any atom is 0.191 e. The van der Waals surface area contributed by atoms with Crippen LogP contribution in [0.2, 0.25) is 0 Å². The van der Waals surface area contributed by atoms with E-state index in [0.29, 0.717) is 13.2 Å². The molecular weight excluding hydrogens is 328 g/mol. The lowest BCUT2D eigenvalue weighted by Gasteiger charge is -2.18. The van der Waals surface area contributed by atoms with E-state index in [-0.39, 0.29) is 6.04 Å². The van der Waals surface area contributed by atoms with Gasteiger partial charge in [0.2, 0.25) is 0 Å². The van der Waals surface area contributed by atoms with Crippen molar-refractivity contribution < 1.29 is 4.74 Å². The molecule has 2 heterocycles. The number of aromatic nitrogens is 3. The Bertz CT molecular complexity index is 710. The molecule has 0 amide bonds. The van der Waals surface area contributed by atoms with E-state index in [1.54, 1.807) is 12.4 Å². The van der Waals surface area contributed by atoms with E-state index in [2.05, 4.69) is 53.4 Å². The first-order chi connectivity index (χ1) is 12.5. The molecule has 7 heteroatoms. The molecule has 7 nitrogen and oxygen atoms in total. The highest BCUT2D eigenvalue weighted by atomic mass is 16.5. The van der Waals surface area contributed by atoms with E-state index < -0.39 is 0 Å². The van der Waals surface area contributed by atoms with Crippen LogP contribution in [-0.2, 0) is 13.5 Å². The number of ether oxygens (including phenoxy) is 1. The Morgan fingerprint density at radius 1 is 1.38 bits per heavy atom. The fraction of sp³-hybridized carbons (Fsp3) is 0.526. The molecule has 0 saturated heterocycles. The lowest BCUT2D eigenvalue weighted by molar-refractivity contribution is 0.327. The summed E-state index contributed by atoms with van der Waals surface area (Å²) in [5.74, 6) is 1.56. The predicted molar refractivity (Wildman–Crippen MR) is 105 cm³/mol. The summed E-state index contributed by atoms with van der Waals surface area (Å²) >= 11 is 0. The van der Waals surface area contributed by atoms with Crippen molar-refractivity contribution in [2.75, 3.05) is 19.7 Å². The lowest BCUT2D eigenvalue weighted by atomic mass is 10.1. The Morgan fingerprint density at radius 2 is 2.19 bits per heavy atom. The van der Waals surface area contributed by atoms with Gasteiger partial charge in [0.15, 0.2) is 5.96 Å². The minimum Gasteiger partial charge on any atom is -0.490 e. The molecule has 2 rings (SSSR count). The van der Waals surface area contributed by atoms with Crippen LogP contribution in [0.4, 0.5) is 0 Å². The fourth-order valence-electron chi connectivity index (χ4n) is 2.78. The second-order valence-corrected chi connectivity index (χ2v) is 6.32. The van der Waals surface area contributed by atoms with Crippen LogP contribution in [-0.4, -0.2) is 46.5 Å². The lowest BCUT2D eigenvalue weighted by Crippen LogP contribution is -2.43. The van der Waals surface area contributed by atoms with Gasteiger partial charge in [-0.05, 0) is 51.8 Å². The highest BCUT2D eigenvalue weighted by molar-refractivity contribution is 5.80. The minimum absolute atomic E-state index is 0.244. The minimum atomic E-state index is 0.244. The van der Waals surface area contributed by atoms with Crippen molar-refractivity contribution in [3.8, 4) is 5.75 Å². The molecule has 2 aromatic rings. The Balaban J connectivity index is 1.87. The highest BCUT2D eigenvalue weighted by Crippen LogP contribution is 2.14. The average Bonchev–Trinajstić information content (AvgIpc) is 2.86. The van der Waals surface area contributed by atoms with Crippen molar-refractivity contribution in [3.05, 3.63) is 41.5 Å². The zero-order valence-corrected chi connectivity index (χ0v) is 16.4. The zero-order valence-electron chi connectivity index (χ0n) is 16.4. The third kappa shape index (κ3) is 5.75. The second-order valence-electron chi connectivity index (χ2n) is 6.32. The van der Waals surface area contributed by atoms with Crippen LogP contribution in [0.1, 0.15) is 30.8 Å². The van der Waals surface area contributed by atoms with E-state index in [4.69, 9.17) is 4.74 Å². The van der Waals surface area contributed by atoms with Crippen LogP contribution in [0.5, 0.6) is 5.75 Å². The van der Waals surface area contributed by atoms with Crippen molar-refractivity contribution in [2.45, 2.75) is 40.2 Å². The number of nitrogens with one attached hydrogen (secondary N) is 2. The van der Waals surface area contributed by atoms with Crippen LogP contribution in [0.15, 0.2) is 29.5 Å². The molecule has 0 aliphatic carbocycles. The van der Waals surface area contributed by atoms with Gasteiger partial charge in [0.05, 0.1) is 18.4 Å². The topological polar surface area (TPSA) is 76.4 Å². The summed E-state index contributed by atoms with van der Waals surface area (Å²) < 4.78 is 7.57. The van der Waals surface area contributed by atoms with E-state index in [9.17, 15) is 0 Å². The molecule has 0 aliphatic rings. The van der Waals surface area contributed by atoms with Gasteiger partial charge >= 0.3 is 0 Å². The van der Waals surface area contributed by atoms with E-state index >= 15 is 0 Å². The van der Waals surface area contributed by atoms with Crippen molar-refractivity contribution >= 4 is 5.96 Å². The number of hydrogen-bond donors (Lipinski definition) is 2. The largest absolute Gasteiger partial charge is 0.490 e.